The molecule has 0 heterocycles. The third-order valence-corrected chi connectivity index (χ3v) is 1.80. The predicted molar refractivity (Wildman–Crippen MR) is 54.4 cm³/mol. The van der Waals surface area contributed by atoms with E-state index >= 15 is 0 Å². The maximum atomic E-state index is 11.3. The summed E-state index contributed by atoms with van der Waals surface area (Å²) in [6.07, 6.45) is 0.480. The van der Waals surface area contributed by atoms with E-state index in [2.05, 4.69) is 0 Å². The molecule has 5 heteroatoms. The van der Waals surface area contributed by atoms with Gasteiger partial charge in [0, 0.05) is 25.9 Å². The van der Waals surface area contributed by atoms with Crippen molar-refractivity contribution in [3.8, 4) is 0 Å². The van der Waals surface area contributed by atoms with Crippen molar-refractivity contribution in [2.45, 2.75) is 19.8 Å². The molecule has 1 amide bonds. The molecule has 0 aliphatic rings. The van der Waals surface area contributed by atoms with Gasteiger partial charge in [0.2, 0.25) is 5.91 Å². The fourth-order valence-corrected chi connectivity index (χ4v) is 0.859. The van der Waals surface area contributed by atoms with E-state index in [0.717, 1.165) is 6.54 Å². The van der Waals surface area contributed by atoms with Crippen LogP contribution in [0.1, 0.15) is 19.8 Å². The van der Waals surface area contributed by atoms with Crippen LogP contribution in [0.15, 0.2) is 0 Å². The molecule has 14 heavy (non-hydrogen) atoms. The molecule has 0 aromatic heterocycles. The van der Waals surface area contributed by atoms with E-state index in [-0.39, 0.29) is 24.5 Å². The second kappa shape index (κ2) is 6.50. The SMILES string of the molecule is CC(=O)CCC(=O)N(N)CCN(C)C. The van der Waals surface area contributed by atoms with Crippen LogP contribution in [0.2, 0.25) is 0 Å². The number of carbonyl (C=O) groups excluding carboxylic acids is 2. The molecule has 0 saturated carbocycles. The number of hydrogen-bond donors (Lipinski definition) is 1. The van der Waals surface area contributed by atoms with E-state index in [1.54, 1.807) is 0 Å². The Morgan fingerprint density at radius 3 is 2.14 bits per heavy atom. The molecule has 5 nitrogen and oxygen atoms in total. The zero-order valence-corrected chi connectivity index (χ0v) is 9.12. The minimum absolute atomic E-state index is 0.0133. The van der Waals surface area contributed by atoms with Crippen LogP contribution in [0.25, 0.3) is 0 Å². The molecular formula is C9H19N3O2. The Morgan fingerprint density at radius 2 is 1.71 bits per heavy atom. The Kier molecular flexibility index (Phi) is 6.07. The number of hydrazine groups is 1. The van der Waals surface area contributed by atoms with Gasteiger partial charge >= 0.3 is 0 Å². The van der Waals surface area contributed by atoms with E-state index in [1.807, 2.05) is 19.0 Å². The van der Waals surface area contributed by atoms with Crippen molar-refractivity contribution in [1.82, 2.24) is 9.91 Å². The van der Waals surface area contributed by atoms with Crippen LogP contribution in [0.3, 0.4) is 0 Å². The lowest BCUT2D eigenvalue weighted by molar-refractivity contribution is -0.133. The largest absolute Gasteiger partial charge is 0.308 e. The van der Waals surface area contributed by atoms with E-state index < -0.39 is 0 Å². The number of rotatable bonds is 6. The summed E-state index contributed by atoms with van der Waals surface area (Å²) < 4.78 is 0. The summed E-state index contributed by atoms with van der Waals surface area (Å²) in [5.74, 6) is 5.33. The minimum Gasteiger partial charge on any atom is -0.308 e. The Labute approximate surface area is 84.8 Å². The third kappa shape index (κ3) is 6.56. The molecule has 0 aromatic carbocycles. The normalized spacial score (nSPS) is 10.4. The summed E-state index contributed by atoms with van der Waals surface area (Å²) in [6.45, 7) is 2.68. The first-order valence-electron chi connectivity index (χ1n) is 4.62. The Morgan fingerprint density at radius 1 is 1.14 bits per heavy atom. The summed E-state index contributed by atoms with van der Waals surface area (Å²) in [7, 11) is 3.82. The number of amides is 1. The van der Waals surface area contributed by atoms with E-state index in [1.165, 1.54) is 11.9 Å². The Bertz CT molecular complexity index is 204. The average Bonchev–Trinajstić information content (AvgIpc) is 2.09. The van der Waals surface area contributed by atoms with Gasteiger partial charge in [-0.2, -0.15) is 0 Å². The van der Waals surface area contributed by atoms with E-state index in [4.69, 9.17) is 5.84 Å². The first-order chi connectivity index (χ1) is 6.43. The Hall–Kier alpha value is -0.940. The van der Waals surface area contributed by atoms with Gasteiger partial charge in [-0.3, -0.25) is 9.80 Å². The van der Waals surface area contributed by atoms with Crippen LogP contribution in [0.5, 0.6) is 0 Å². The van der Waals surface area contributed by atoms with Crippen LogP contribution in [-0.2, 0) is 9.59 Å². The van der Waals surface area contributed by atoms with Gasteiger partial charge in [0.05, 0.1) is 0 Å². The van der Waals surface area contributed by atoms with Gasteiger partial charge < -0.3 is 9.69 Å². The van der Waals surface area contributed by atoms with Crippen molar-refractivity contribution in [1.29, 1.82) is 0 Å². The average molecular weight is 201 g/mol. The maximum absolute atomic E-state index is 11.3. The molecule has 0 bridgehead atoms. The number of hydrogen-bond acceptors (Lipinski definition) is 4. The highest BCUT2D eigenvalue weighted by Gasteiger charge is 2.09. The second-order valence-electron chi connectivity index (χ2n) is 3.59. The quantitative estimate of drug-likeness (QED) is 0.361. The summed E-state index contributed by atoms with van der Waals surface area (Å²) in [5.41, 5.74) is 0. The Balaban J connectivity index is 3.70. The summed E-state index contributed by atoms with van der Waals surface area (Å²) in [6, 6.07) is 0. The van der Waals surface area contributed by atoms with E-state index in [9.17, 15) is 9.59 Å². The molecular weight excluding hydrogens is 182 g/mol. The number of likely N-dealkylation sites (N-methyl/N-ethyl adjacent to an activating group) is 1. The molecule has 0 rings (SSSR count). The number of nitrogens with two attached hydrogens (primary N) is 1. The summed E-state index contributed by atoms with van der Waals surface area (Å²) in [4.78, 5) is 23.8. The predicted octanol–water partition coefficient (Wildman–Crippen LogP) is -0.380. The lowest BCUT2D eigenvalue weighted by atomic mass is 10.2. The number of Topliss-reactive ketones (excluding diaryl/α,β-unsaturated/α-hetero) is 1. The molecule has 0 radical (unpaired) electrons. The molecule has 0 aliphatic heterocycles. The summed E-state index contributed by atoms with van der Waals surface area (Å²) >= 11 is 0. The minimum atomic E-state index is -0.179. The zero-order valence-electron chi connectivity index (χ0n) is 9.12. The van der Waals surface area contributed by atoms with Crippen LogP contribution in [0.4, 0.5) is 0 Å². The van der Waals surface area contributed by atoms with Crippen molar-refractivity contribution < 1.29 is 9.59 Å². The van der Waals surface area contributed by atoms with Crippen LogP contribution >= 0.6 is 0 Å². The smallest absolute Gasteiger partial charge is 0.236 e. The van der Waals surface area contributed by atoms with Gasteiger partial charge in [-0.25, -0.2) is 5.84 Å². The van der Waals surface area contributed by atoms with Crippen molar-refractivity contribution in [2.75, 3.05) is 27.2 Å². The molecule has 0 aromatic rings. The number of carbonyl (C=O) groups is 2. The van der Waals surface area contributed by atoms with Gasteiger partial charge in [0.1, 0.15) is 5.78 Å². The van der Waals surface area contributed by atoms with Crippen LogP contribution in [-0.4, -0.2) is 48.8 Å². The first kappa shape index (κ1) is 13.1. The zero-order chi connectivity index (χ0) is 11.1. The maximum Gasteiger partial charge on any atom is 0.236 e. The van der Waals surface area contributed by atoms with E-state index in [0.29, 0.717) is 6.54 Å². The molecule has 0 fully saturated rings. The van der Waals surface area contributed by atoms with Crippen molar-refractivity contribution in [2.24, 2.45) is 5.84 Å². The van der Waals surface area contributed by atoms with Crippen molar-refractivity contribution in [3.63, 3.8) is 0 Å². The summed E-state index contributed by atoms with van der Waals surface area (Å²) in [5, 5.41) is 1.17. The molecule has 0 spiro atoms. The van der Waals surface area contributed by atoms with Gasteiger partial charge in [0.15, 0.2) is 0 Å². The highest BCUT2D eigenvalue weighted by molar-refractivity contribution is 5.83. The number of nitrogens with zero attached hydrogens (tertiary/aromatic N) is 2. The lowest BCUT2D eigenvalue weighted by Gasteiger charge is -2.18. The van der Waals surface area contributed by atoms with Crippen molar-refractivity contribution >= 4 is 11.7 Å². The second-order valence-corrected chi connectivity index (χ2v) is 3.59. The van der Waals surface area contributed by atoms with Gasteiger partial charge in [0.25, 0.3) is 0 Å². The topological polar surface area (TPSA) is 66.6 Å². The lowest BCUT2D eigenvalue weighted by Crippen LogP contribution is -2.41. The molecule has 0 unspecified atom stereocenters. The molecule has 0 aliphatic carbocycles. The fourth-order valence-electron chi connectivity index (χ4n) is 0.859. The highest BCUT2D eigenvalue weighted by Crippen LogP contribution is 1.94. The number of ketones is 1. The van der Waals surface area contributed by atoms with Gasteiger partial charge in [-0.05, 0) is 21.0 Å². The van der Waals surface area contributed by atoms with Crippen LogP contribution < -0.4 is 5.84 Å². The standard InChI is InChI=1S/C9H19N3O2/c1-8(13)4-5-9(14)12(10)7-6-11(2)3/h4-7,10H2,1-3H3. The van der Waals surface area contributed by atoms with Gasteiger partial charge in [-0.1, -0.05) is 0 Å². The molecule has 0 saturated heterocycles. The van der Waals surface area contributed by atoms with Crippen LogP contribution in [0, 0.1) is 0 Å². The monoisotopic (exact) mass is 201 g/mol. The third-order valence-electron chi connectivity index (χ3n) is 1.80. The molecule has 2 N–H and O–H groups in total. The molecule has 0 atom stereocenters. The fraction of sp³-hybridized carbons (Fsp3) is 0.778. The highest BCUT2D eigenvalue weighted by atomic mass is 16.2. The first-order valence-corrected chi connectivity index (χ1v) is 4.62. The van der Waals surface area contributed by atoms with Gasteiger partial charge in [-0.15, -0.1) is 0 Å². The molecule has 82 valence electrons. The van der Waals surface area contributed by atoms with Crippen molar-refractivity contribution in [3.05, 3.63) is 0 Å².